The normalized spacial score (nSPS) is 11.4. The highest BCUT2D eigenvalue weighted by Gasteiger charge is 2.11. The maximum atomic E-state index is 13.1. The molecule has 0 bridgehead atoms. The maximum absolute atomic E-state index is 13.1. The van der Waals surface area contributed by atoms with E-state index in [0.717, 1.165) is 28.5 Å². The number of ether oxygens (including phenoxy) is 1. The molecule has 0 amide bonds. The van der Waals surface area contributed by atoms with Gasteiger partial charge >= 0.3 is 0 Å². The van der Waals surface area contributed by atoms with Gasteiger partial charge in [0.1, 0.15) is 24.0 Å². The topological polar surface area (TPSA) is 56.5 Å². The Bertz CT molecular complexity index is 1400. The van der Waals surface area contributed by atoms with Crippen LogP contribution < -0.4 is 10.3 Å². The number of nitrogens with zero attached hydrogens (tertiary/aromatic N) is 3. The molecule has 0 atom stereocenters. The summed E-state index contributed by atoms with van der Waals surface area (Å²) in [7, 11) is 0. The van der Waals surface area contributed by atoms with Crippen LogP contribution in [0.3, 0.4) is 0 Å². The molecule has 4 aromatic rings. The smallest absolute Gasteiger partial charge is 0.282 e. The van der Waals surface area contributed by atoms with Crippen LogP contribution in [0.25, 0.3) is 10.9 Å². The Morgan fingerprint density at radius 1 is 1.12 bits per heavy atom. The van der Waals surface area contributed by atoms with Crippen LogP contribution >= 0.6 is 61.1 Å². The number of halogens is 4. The van der Waals surface area contributed by atoms with E-state index in [1.807, 2.05) is 31.2 Å². The van der Waals surface area contributed by atoms with E-state index in [1.54, 1.807) is 24.4 Å². The Morgan fingerprint density at radius 3 is 2.48 bits per heavy atom. The minimum Gasteiger partial charge on any atom is -0.487 e. The van der Waals surface area contributed by atoms with Gasteiger partial charge in [-0.25, -0.2) is 9.37 Å². The van der Waals surface area contributed by atoms with Gasteiger partial charge in [-0.05, 0) is 98.8 Å². The number of rotatable bonds is 6. The van der Waals surface area contributed by atoms with E-state index in [9.17, 15) is 9.18 Å². The number of aromatic nitrogens is 2. The largest absolute Gasteiger partial charge is 0.487 e. The second-order valence-electron chi connectivity index (χ2n) is 7.13. The fourth-order valence-electron chi connectivity index (χ4n) is 3.20. The molecule has 0 aliphatic carbocycles. The molecule has 0 radical (unpaired) electrons. The van der Waals surface area contributed by atoms with Crippen molar-refractivity contribution in [3.63, 3.8) is 0 Å². The SMILES string of the molecule is CCc1nc2ccc(Br)cc2c(=O)n1N=Cc1cc(I)c(OCc2ccc(F)cc2)c(I)c1. The molecule has 4 rings (SSSR count). The van der Waals surface area contributed by atoms with Crippen molar-refractivity contribution in [2.24, 2.45) is 5.10 Å². The lowest BCUT2D eigenvalue weighted by atomic mass is 10.2. The second-order valence-corrected chi connectivity index (χ2v) is 10.4. The van der Waals surface area contributed by atoms with Crippen molar-refractivity contribution in [3.05, 3.63) is 99.3 Å². The lowest BCUT2D eigenvalue weighted by Crippen LogP contribution is -2.22. The molecule has 168 valence electrons. The van der Waals surface area contributed by atoms with Crippen molar-refractivity contribution in [1.29, 1.82) is 0 Å². The molecule has 33 heavy (non-hydrogen) atoms. The predicted octanol–water partition coefficient (Wildman–Crippen LogP) is 6.53. The number of hydrogen-bond acceptors (Lipinski definition) is 4. The summed E-state index contributed by atoms with van der Waals surface area (Å²) in [5.41, 5.74) is 2.16. The molecular formula is C24H17BrFI2N3O2. The first-order valence-corrected chi connectivity index (χ1v) is 12.9. The molecule has 0 spiro atoms. The molecule has 3 aromatic carbocycles. The lowest BCUT2D eigenvalue weighted by molar-refractivity contribution is 0.301. The lowest BCUT2D eigenvalue weighted by Gasteiger charge is -2.12. The van der Waals surface area contributed by atoms with Crippen molar-refractivity contribution in [3.8, 4) is 5.75 Å². The highest BCUT2D eigenvalue weighted by atomic mass is 127. The predicted molar refractivity (Wildman–Crippen MR) is 149 cm³/mol. The van der Waals surface area contributed by atoms with Gasteiger partial charge in [-0.2, -0.15) is 9.78 Å². The van der Waals surface area contributed by atoms with Gasteiger partial charge in [0.25, 0.3) is 5.56 Å². The van der Waals surface area contributed by atoms with Crippen molar-refractivity contribution in [1.82, 2.24) is 9.66 Å². The summed E-state index contributed by atoms with van der Waals surface area (Å²) < 4.78 is 23.1. The van der Waals surface area contributed by atoms with E-state index in [0.29, 0.717) is 29.8 Å². The first-order chi connectivity index (χ1) is 15.9. The van der Waals surface area contributed by atoms with E-state index in [-0.39, 0.29) is 11.4 Å². The van der Waals surface area contributed by atoms with Crippen molar-refractivity contribution < 1.29 is 9.13 Å². The van der Waals surface area contributed by atoms with E-state index in [4.69, 9.17) is 4.74 Å². The van der Waals surface area contributed by atoms with Crippen LogP contribution in [0, 0.1) is 13.0 Å². The summed E-state index contributed by atoms with van der Waals surface area (Å²) in [5.74, 6) is 1.07. The number of aryl methyl sites for hydroxylation is 1. The third-order valence-corrected chi connectivity index (χ3v) is 6.93. The number of hydrogen-bond donors (Lipinski definition) is 0. The summed E-state index contributed by atoms with van der Waals surface area (Å²) in [5, 5.41) is 4.97. The van der Waals surface area contributed by atoms with E-state index in [1.165, 1.54) is 16.8 Å². The molecule has 0 unspecified atom stereocenters. The molecule has 5 nitrogen and oxygen atoms in total. The van der Waals surface area contributed by atoms with Gasteiger partial charge in [-0.15, -0.1) is 0 Å². The standard InChI is InChI=1S/C24H17BrFI2N3O2/c1-2-22-30-21-8-5-16(25)11-18(21)24(32)31(22)29-12-15-9-19(27)23(20(28)10-15)33-13-14-3-6-17(26)7-4-14/h3-12H,2,13H2,1H3. The van der Waals surface area contributed by atoms with E-state index in [2.05, 4.69) is 71.2 Å². The summed E-state index contributed by atoms with van der Waals surface area (Å²) in [6.45, 7) is 2.28. The van der Waals surface area contributed by atoms with E-state index >= 15 is 0 Å². The monoisotopic (exact) mass is 731 g/mol. The average Bonchev–Trinajstić information content (AvgIpc) is 2.79. The third kappa shape index (κ3) is 5.62. The Kier molecular flexibility index (Phi) is 7.80. The third-order valence-electron chi connectivity index (χ3n) is 4.83. The van der Waals surface area contributed by atoms with Gasteiger partial charge in [0, 0.05) is 10.9 Å². The number of fused-ring (bicyclic) bond motifs is 1. The summed E-state index contributed by atoms with van der Waals surface area (Å²) >= 11 is 7.84. The minimum atomic E-state index is -0.272. The molecule has 0 saturated carbocycles. The highest BCUT2D eigenvalue weighted by molar-refractivity contribution is 14.1. The Labute approximate surface area is 225 Å². The van der Waals surface area contributed by atoms with Crippen LogP contribution in [0.2, 0.25) is 0 Å². The van der Waals surface area contributed by atoms with Gasteiger partial charge in [0.05, 0.1) is 24.3 Å². The van der Waals surface area contributed by atoms with Gasteiger partial charge in [-0.1, -0.05) is 35.0 Å². The molecule has 1 heterocycles. The molecule has 0 fully saturated rings. The molecule has 0 aliphatic rings. The van der Waals surface area contributed by atoms with Crippen molar-refractivity contribution in [2.45, 2.75) is 20.0 Å². The first-order valence-electron chi connectivity index (χ1n) is 9.97. The van der Waals surface area contributed by atoms with Crippen LogP contribution in [-0.4, -0.2) is 15.9 Å². The summed E-state index contributed by atoms with van der Waals surface area (Å²) in [6, 6.07) is 15.6. The van der Waals surface area contributed by atoms with Crippen LogP contribution in [0.4, 0.5) is 4.39 Å². The molecule has 1 aromatic heterocycles. The molecule has 0 aliphatic heterocycles. The highest BCUT2D eigenvalue weighted by Crippen LogP contribution is 2.29. The second kappa shape index (κ2) is 10.6. The van der Waals surface area contributed by atoms with Crippen LogP contribution in [0.1, 0.15) is 23.9 Å². The quantitative estimate of drug-likeness (QED) is 0.168. The molecule has 0 saturated heterocycles. The maximum Gasteiger partial charge on any atom is 0.282 e. The van der Waals surface area contributed by atoms with E-state index < -0.39 is 0 Å². The zero-order valence-electron chi connectivity index (χ0n) is 17.4. The van der Waals surface area contributed by atoms with Gasteiger partial charge in [0.2, 0.25) is 0 Å². The molecule has 9 heteroatoms. The molecule has 0 N–H and O–H groups in total. The fraction of sp³-hybridized carbons (Fsp3) is 0.125. The van der Waals surface area contributed by atoms with Crippen LogP contribution in [0.15, 0.2) is 69.0 Å². The molecular weight excluding hydrogens is 715 g/mol. The van der Waals surface area contributed by atoms with Gasteiger partial charge < -0.3 is 4.74 Å². The van der Waals surface area contributed by atoms with Gasteiger partial charge in [0.15, 0.2) is 0 Å². The van der Waals surface area contributed by atoms with Crippen molar-refractivity contribution >= 4 is 78.2 Å². The minimum absolute atomic E-state index is 0.210. The van der Waals surface area contributed by atoms with Crippen LogP contribution in [0.5, 0.6) is 5.75 Å². The zero-order chi connectivity index (χ0) is 23.5. The summed E-state index contributed by atoms with van der Waals surface area (Å²) in [4.78, 5) is 17.7. The number of benzene rings is 3. The van der Waals surface area contributed by atoms with Crippen molar-refractivity contribution in [2.75, 3.05) is 0 Å². The summed E-state index contributed by atoms with van der Waals surface area (Å²) in [6.07, 6.45) is 2.23. The zero-order valence-corrected chi connectivity index (χ0v) is 23.3. The first kappa shape index (κ1) is 24.3. The van der Waals surface area contributed by atoms with Gasteiger partial charge in [-0.3, -0.25) is 4.79 Å². The Morgan fingerprint density at radius 2 is 1.82 bits per heavy atom. The Balaban J connectivity index is 1.62. The Hall–Kier alpha value is -1.86. The fourth-order valence-corrected chi connectivity index (χ4v) is 5.68. The average molecular weight is 732 g/mol. The van der Waals surface area contributed by atoms with Crippen LogP contribution in [-0.2, 0) is 13.0 Å².